The molecule has 1 amide bonds. The van der Waals surface area contributed by atoms with Crippen molar-refractivity contribution >= 4 is 5.91 Å². The van der Waals surface area contributed by atoms with Crippen LogP contribution in [0.1, 0.15) is 29.9 Å². The zero-order valence-corrected chi connectivity index (χ0v) is 15.1. The van der Waals surface area contributed by atoms with Gasteiger partial charge in [0.25, 0.3) is 0 Å². The number of carbonyl (C=O) groups excluding carboxylic acids is 1. The normalized spacial score (nSPS) is 21.0. The topological polar surface area (TPSA) is 55.1 Å². The fraction of sp³-hybridized carbons (Fsp3) is 0.579. The zero-order valence-electron chi connectivity index (χ0n) is 15.1. The summed E-state index contributed by atoms with van der Waals surface area (Å²) >= 11 is 0. The van der Waals surface area contributed by atoms with E-state index in [-0.39, 0.29) is 11.8 Å². The zero-order chi connectivity index (χ0) is 17.4. The van der Waals surface area contributed by atoms with Crippen LogP contribution in [0.5, 0.6) is 0 Å². The highest BCUT2D eigenvalue weighted by molar-refractivity contribution is 5.78. The van der Waals surface area contributed by atoms with Gasteiger partial charge in [0.15, 0.2) is 0 Å². The number of aryl methyl sites for hydroxylation is 2. The quantitative estimate of drug-likeness (QED) is 0.900. The van der Waals surface area contributed by atoms with Gasteiger partial charge in [0.1, 0.15) is 0 Å². The lowest BCUT2D eigenvalue weighted by Crippen LogP contribution is -2.39. The average molecular weight is 341 g/mol. The summed E-state index contributed by atoms with van der Waals surface area (Å²) in [5, 5.41) is 7.62. The standard InChI is InChI=1S/C19H27N5O/c1-14-8-18(22(2)21-14)13-23-10-16(19(25)20-9-15-5-6-15)11-24-7-3-4-17(24)12-23/h3-4,7-8,15-16H,5-6,9-13H2,1-2H3,(H,20,25). The molecule has 0 saturated heterocycles. The summed E-state index contributed by atoms with van der Waals surface area (Å²) < 4.78 is 4.18. The van der Waals surface area contributed by atoms with Crippen LogP contribution in [0.2, 0.25) is 0 Å². The molecule has 0 aromatic carbocycles. The van der Waals surface area contributed by atoms with Gasteiger partial charge in [-0.1, -0.05) is 0 Å². The molecule has 0 spiro atoms. The molecule has 2 aromatic heterocycles. The highest BCUT2D eigenvalue weighted by Crippen LogP contribution is 2.28. The molecule has 2 aliphatic rings. The molecule has 1 atom stereocenters. The summed E-state index contributed by atoms with van der Waals surface area (Å²) in [7, 11) is 1.99. The van der Waals surface area contributed by atoms with Crippen LogP contribution in [0.3, 0.4) is 0 Å². The largest absolute Gasteiger partial charge is 0.355 e. The predicted octanol–water partition coefficient (Wildman–Crippen LogP) is 1.69. The number of rotatable bonds is 5. The molecule has 1 saturated carbocycles. The van der Waals surface area contributed by atoms with Crippen LogP contribution in [-0.2, 0) is 31.5 Å². The number of aromatic nitrogens is 3. The van der Waals surface area contributed by atoms with Gasteiger partial charge in [-0.15, -0.1) is 0 Å². The lowest BCUT2D eigenvalue weighted by molar-refractivity contribution is -0.126. The Hall–Kier alpha value is -2.08. The summed E-state index contributed by atoms with van der Waals surface area (Å²) in [5.74, 6) is 0.895. The molecular formula is C19H27N5O. The maximum atomic E-state index is 12.7. The van der Waals surface area contributed by atoms with Gasteiger partial charge in [0.2, 0.25) is 5.91 Å². The maximum absolute atomic E-state index is 12.7. The van der Waals surface area contributed by atoms with Crippen LogP contribution < -0.4 is 5.32 Å². The minimum absolute atomic E-state index is 0.0123. The maximum Gasteiger partial charge on any atom is 0.226 e. The summed E-state index contributed by atoms with van der Waals surface area (Å²) in [6.07, 6.45) is 4.62. The lowest BCUT2D eigenvalue weighted by Gasteiger charge is -2.23. The molecule has 2 aromatic rings. The van der Waals surface area contributed by atoms with Gasteiger partial charge in [-0.3, -0.25) is 14.4 Å². The smallest absolute Gasteiger partial charge is 0.226 e. The fourth-order valence-corrected chi connectivity index (χ4v) is 3.71. The molecule has 4 rings (SSSR count). The Morgan fingerprint density at radius 1 is 1.36 bits per heavy atom. The Labute approximate surface area is 148 Å². The van der Waals surface area contributed by atoms with Crippen LogP contribution in [-0.4, -0.2) is 38.2 Å². The Morgan fingerprint density at radius 2 is 2.20 bits per heavy atom. The van der Waals surface area contributed by atoms with E-state index in [2.05, 4.69) is 44.3 Å². The molecule has 0 bridgehead atoms. The molecule has 3 heterocycles. The van der Waals surface area contributed by atoms with Gasteiger partial charge in [0, 0.05) is 51.7 Å². The van der Waals surface area contributed by atoms with E-state index in [0.717, 1.165) is 38.4 Å². The molecular weight excluding hydrogens is 314 g/mol. The van der Waals surface area contributed by atoms with Crippen molar-refractivity contribution in [3.05, 3.63) is 41.5 Å². The molecule has 6 heteroatoms. The number of hydrogen-bond donors (Lipinski definition) is 1. The SMILES string of the molecule is Cc1cc(CN2Cc3cccn3CC(C(=O)NCC3CC3)C2)n(C)n1. The Morgan fingerprint density at radius 3 is 2.92 bits per heavy atom. The van der Waals surface area contributed by atoms with Crippen molar-refractivity contribution in [1.82, 2.24) is 24.6 Å². The molecule has 25 heavy (non-hydrogen) atoms. The first-order chi connectivity index (χ1) is 12.1. The van der Waals surface area contributed by atoms with E-state index >= 15 is 0 Å². The van der Waals surface area contributed by atoms with E-state index in [0.29, 0.717) is 5.92 Å². The third kappa shape index (κ3) is 3.79. The van der Waals surface area contributed by atoms with Crippen LogP contribution in [0, 0.1) is 18.8 Å². The van der Waals surface area contributed by atoms with E-state index in [1.54, 1.807) is 0 Å². The lowest BCUT2D eigenvalue weighted by atomic mass is 10.1. The fourth-order valence-electron chi connectivity index (χ4n) is 3.71. The van der Waals surface area contributed by atoms with Crippen molar-refractivity contribution in [3.8, 4) is 0 Å². The molecule has 1 aliphatic carbocycles. The predicted molar refractivity (Wildman–Crippen MR) is 95.7 cm³/mol. The molecule has 1 N–H and O–H groups in total. The second-order valence-corrected chi connectivity index (χ2v) is 7.61. The first-order valence-electron chi connectivity index (χ1n) is 9.22. The number of carbonyl (C=O) groups is 1. The van der Waals surface area contributed by atoms with E-state index in [4.69, 9.17) is 0 Å². The van der Waals surface area contributed by atoms with E-state index in [9.17, 15) is 4.79 Å². The molecule has 1 unspecified atom stereocenters. The number of amides is 1. The van der Waals surface area contributed by atoms with Crippen molar-refractivity contribution in [3.63, 3.8) is 0 Å². The highest BCUT2D eigenvalue weighted by Gasteiger charge is 2.29. The number of nitrogens with one attached hydrogen (secondary N) is 1. The minimum atomic E-state index is -0.0123. The molecule has 6 nitrogen and oxygen atoms in total. The van der Waals surface area contributed by atoms with Gasteiger partial charge in [-0.25, -0.2) is 0 Å². The second kappa shape index (κ2) is 6.67. The minimum Gasteiger partial charge on any atom is -0.355 e. The summed E-state index contributed by atoms with van der Waals surface area (Å²) in [6.45, 7) is 6.08. The highest BCUT2D eigenvalue weighted by atomic mass is 16.1. The van der Waals surface area contributed by atoms with E-state index in [1.165, 1.54) is 24.2 Å². The number of fused-ring (bicyclic) bond motifs is 1. The summed E-state index contributed by atoms with van der Waals surface area (Å²) in [5.41, 5.74) is 3.50. The molecule has 134 valence electrons. The summed E-state index contributed by atoms with van der Waals surface area (Å²) in [4.78, 5) is 15.1. The second-order valence-electron chi connectivity index (χ2n) is 7.61. The van der Waals surface area contributed by atoms with Gasteiger partial charge in [-0.05, 0) is 43.9 Å². The first kappa shape index (κ1) is 16.4. The van der Waals surface area contributed by atoms with Crippen molar-refractivity contribution in [2.75, 3.05) is 13.1 Å². The van der Waals surface area contributed by atoms with Crippen molar-refractivity contribution in [1.29, 1.82) is 0 Å². The van der Waals surface area contributed by atoms with Crippen molar-refractivity contribution in [2.45, 2.75) is 39.4 Å². The first-order valence-corrected chi connectivity index (χ1v) is 9.22. The van der Waals surface area contributed by atoms with E-state index in [1.807, 2.05) is 18.7 Å². The van der Waals surface area contributed by atoms with Crippen LogP contribution >= 0.6 is 0 Å². The Kier molecular flexibility index (Phi) is 4.37. The van der Waals surface area contributed by atoms with Gasteiger partial charge in [0.05, 0.1) is 17.3 Å². The Balaban J connectivity index is 1.50. The molecule has 1 aliphatic heterocycles. The summed E-state index contributed by atoms with van der Waals surface area (Å²) in [6, 6.07) is 6.37. The number of hydrogen-bond acceptors (Lipinski definition) is 3. The van der Waals surface area contributed by atoms with Gasteiger partial charge < -0.3 is 9.88 Å². The van der Waals surface area contributed by atoms with Crippen molar-refractivity contribution < 1.29 is 4.79 Å². The van der Waals surface area contributed by atoms with Gasteiger partial charge in [-0.2, -0.15) is 5.10 Å². The van der Waals surface area contributed by atoms with E-state index < -0.39 is 0 Å². The molecule has 1 fully saturated rings. The number of nitrogens with zero attached hydrogens (tertiary/aromatic N) is 4. The third-order valence-corrected chi connectivity index (χ3v) is 5.32. The van der Waals surface area contributed by atoms with Crippen molar-refractivity contribution in [2.24, 2.45) is 18.9 Å². The van der Waals surface area contributed by atoms with Gasteiger partial charge >= 0.3 is 0 Å². The monoisotopic (exact) mass is 341 g/mol. The van der Waals surface area contributed by atoms with Crippen LogP contribution in [0.25, 0.3) is 0 Å². The average Bonchev–Trinajstić information content (AvgIpc) is 3.26. The van der Waals surface area contributed by atoms with Crippen LogP contribution in [0.15, 0.2) is 24.4 Å². The molecule has 0 radical (unpaired) electrons. The Bertz CT molecular complexity index is 758. The van der Waals surface area contributed by atoms with Crippen LogP contribution in [0.4, 0.5) is 0 Å². The third-order valence-electron chi connectivity index (χ3n) is 5.32.